The van der Waals surface area contributed by atoms with Gasteiger partial charge < -0.3 is 15.5 Å². The second kappa shape index (κ2) is 11.3. The smallest absolute Gasteiger partial charge is 0.319 e. The number of urea groups is 1. The molecule has 1 heterocycles. The van der Waals surface area contributed by atoms with E-state index in [4.69, 9.17) is 0 Å². The molecule has 1 fully saturated rings. The average molecular weight is 476 g/mol. The Labute approximate surface area is 207 Å². The first-order valence-electron chi connectivity index (χ1n) is 12.7. The number of aromatic amines is 1. The molecule has 1 saturated carbocycles. The van der Waals surface area contributed by atoms with Crippen LogP contribution in [0.1, 0.15) is 53.4 Å². The molecular formula is C27H37N7O. The Bertz CT molecular complexity index is 1090. The normalized spacial score (nSPS) is 14.0. The monoisotopic (exact) mass is 475 g/mol. The summed E-state index contributed by atoms with van der Waals surface area (Å²) >= 11 is 0. The number of benzene rings is 2. The van der Waals surface area contributed by atoms with Gasteiger partial charge >= 0.3 is 6.03 Å². The maximum Gasteiger partial charge on any atom is 0.319 e. The molecule has 1 aliphatic carbocycles. The summed E-state index contributed by atoms with van der Waals surface area (Å²) in [5.41, 5.74) is 4.70. The summed E-state index contributed by atoms with van der Waals surface area (Å²) in [5.74, 6) is 1.53. The molecule has 0 bridgehead atoms. The molecule has 1 aromatic heterocycles. The van der Waals surface area contributed by atoms with Gasteiger partial charge in [0.2, 0.25) is 5.82 Å². The summed E-state index contributed by atoms with van der Waals surface area (Å²) in [6, 6.07) is 14.4. The Morgan fingerprint density at radius 1 is 1.03 bits per heavy atom. The van der Waals surface area contributed by atoms with Crippen LogP contribution in [0.2, 0.25) is 0 Å². The Kier molecular flexibility index (Phi) is 8.00. The van der Waals surface area contributed by atoms with E-state index >= 15 is 0 Å². The number of amides is 2. The highest BCUT2D eigenvalue weighted by molar-refractivity contribution is 5.95. The summed E-state index contributed by atoms with van der Waals surface area (Å²) < 4.78 is 0. The second-order valence-corrected chi connectivity index (χ2v) is 10.3. The van der Waals surface area contributed by atoms with Crippen molar-refractivity contribution in [3.8, 4) is 22.5 Å². The van der Waals surface area contributed by atoms with Gasteiger partial charge in [0.05, 0.1) is 11.4 Å². The fourth-order valence-electron chi connectivity index (χ4n) is 4.85. The third-order valence-corrected chi connectivity index (χ3v) is 6.27. The number of rotatable bonds is 9. The second-order valence-electron chi connectivity index (χ2n) is 10.3. The van der Waals surface area contributed by atoms with Crippen LogP contribution < -0.4 is 15.5 Å². The van der Waals surface area contributed by atoms with Gasteiger partial charge in [-0.2, -0.15) is 5.21 Å². The molecule has 0 saturated heterocycles. The van der Waals surface area contributed by atoms with E-state index in [1.54, 1.807) is 0 Å². The van der Waals surface area contributed by atoms with E-state index in [-0.39, 0.29) is 12.1 Å². The minimum absolute atomic E-state index is 0.143. The van der Waals surface area contributed by atoms with Crippen molar-refractivity contribution in [1.29, 1.82) is 0 Å². The molecule has 3 aromatic rings. The van der Waals surface area contributed by atoms with Gasteiger partial charge in [-0.15, -0.1) is 10.2 Å². The number of aromatic nitrogens is 4. The van der Waals surface area contributed by atoms with E-state index in [2.05, 4.69) is 82.1 Å². The SMILES string of the molecule is CC(C)CN(CC(C)C)c1ccc(-c2ccccc2-c2nn[nH]n2)cc1NC(=O)NC1CCCC1. The number of tetrazole rings is 1. The number of carbonyl (C=O) groups excluding carboxylic acids is 1. The van der Waals surface area contributed by atoms with Gasteiger partial charge in [-0.3, -0.25) is 0 Å². The highest BCUT2D eigenvalue weighted by Crippen LogP contribution is 2.36. The Morgan fingerprint density at radius 2 is 1.71 bits per heavy atom. The van der Waals surface area contributed by atoms with Gasteiger partial charge in [0.15, 0.2) is 0 Å². The molecule has 8 heteroatoms. The van der Waals surface area contributed by atoms with E-state index < -0.39 is 0 Å². The van der Waals surface area contributed by atoms with E-state index in [0.717, 1.165) is 54.0 Å². The third kappa shape index (κ3) is 6.38. The predicted molar refractivity (Wildman–Crippen MR) is 141 cm³/mol. The first-order chi connectivity index (χ1) is 16.9. The zero-order valence-electron chi connectivity index (χ0n) is 21.2. The summed E-state index contributed by atoms with van der Waals surface area (Å²) in [5, 5.41) is 21.0. The molecule has 2 aromatic carbocycles. The van der Waals surface area contributed by atoms with Crippen molar-refractivity contribution in [3.05, 3.63) is 42.5 Å². The molecule has 35 heavy (non-hydrogen) atoms. The van der Waals surface area contributed by atoms with Crippen molar-refractivity contribution in [1.82, 2.24) is 25.9 Å². The maximum absolute atomic E-state index is 13.0. The summed E-state index contributed by atoms with van der Waals surface area (Å²) in [6.07, 6.45) is 4.45. The lowest BCUT2D eigenvalue weighted by molar-refractivity contribution is 0.248. The highest BCUT2D eigenvalue weighted by atomic mass is 16.2. The van der Waals surface area contributed by atoms with Crippen molar-refractivity contribution in [2.45, 2.75) is 59.4 Å². The highest BCUT2D eigenvalue weighted by Gasteiger charge is 2.21. The lowest BCUT2D eigenvalue weighted by Gasteiger charge is -2.31. The van der Waals surface area contributed by atoms with Crippen LogP contribution in [-0.4, -0.2) is 45.8 Å². The molecular weight excluding hydrogens is 438 g/mol. The fourth-order valence-corrected chi connectivity index (χ4v) is 4.85. The largest absolute Gasteiger partial charge is 0.369 e. The van der Waals surface area contributed by atoms with Crippen molar-refractivity contribution in [2.75, 3.05) is 23.3 Å². The first-order valence-corrected chi connectivity index (χ1v) is 12.7. The number of hydrogen-bond acceptors (Lipinski definition) is 5. The molecule has 0 spiro atoms. The van der Waals surface area contributed by atoms with Crippen LogP contribution in [0.4, 0.5) is 16.2 Å². The van der Waals surface area contributed by atoms with E-state index in [1.807, 2.05) is 24.3 Å². The van der Waals surface area contributed by atoms with Crippen molar-refractivity contribution >= 4 is 17.4 Å². The molecule has 0 aliphatic heterocycles. The molecule has 1 aliphatic rings. The van der Waals surface area contributed by atoms with Crippen LogP contribution in [0.3, 0.4) is 0 Å². The Morgan fingerprint density at radius 3 is 2.34 bits per heavy atom. The predicted octanol–water partition coefficient (Wildman–Crippen LogP) is 5.72. The lowest BCUT2D eigenvalue weighted by atomic mass is 9.97. The molecule has 0 unspecified atom stereocenters. The minimum atomic E-state index is -0.143. The maximum atomic E-state index is 13.0. The number of nitrogens with zero attached hydrogens (tertiary/aromatic N) is 4. The van der Waals surface area contributed by atoms with Crippen LogP contribution in [0.15, 0.2) is 42.5 Å². The van der Waals surface area contributed by atoms with Crippen LogP contribution in [0.5, 0.6) is 0 Å². The number of carbonyl (C=O) groups is 1. The fraction of sp³-hybridized carbons (Fsp3) is 0.481. The summed E-state index contributed by atoms with van der Waals surface area (Å²) in [4.78, 5) is 15.4. The minimum Gasteiger partial charge on any atom is -0.369 e. The zero-order chi connectivity index (χ0) is 24.8. The van der Waals surface area contributed by atoms with Gasteiger partial charge in [-0.1, -0.05) is 70.9 Å². The molecule has 2 amide bonds. The van der Waals surface area contributed by atoms with Crippen molar-refractivity contribution < 1.29 is 4.79 Å². The molecule has 8 nitrogen and oxygen atoms in total. The molecule has 186 valence electrons. The van der Waals surface area contributed by atoms with E-state index in [1.165, 1.54) is 12.8 Å². The van der Waals surface area contributed by atoms with Gasteiger partial charge in [0, 0.05) is 24.7 Å². The lowest BCUT2D eigenvalue weighted by Crippen LogP contribution is -2.37. The van der Waals surface area contributed by atoms with E-state index in [9.17, 15) is 4.79 Å². The zero-order valence-corrected chi connectivity index (χ0v) is 21.2. The first kappa shape index (κ1) is 24.7. The van der Waals surface area contributed by atoms with Crippen LogP contribution in [-0.2, 0) is 0 Å². The van der Waals surface area contributed by atoms with Gasteiger partial charge in [-0.05, 0) is 53.2 Å². The van der Waals surface area contributed by atoms with Crippen LogP contribution >= 0.6 is 0 Å². The molecule has 4 rings (SSSR count). The standard InChI is InChI=1S/C27H37N7O/c1-18(2)16-34(17-19(3)4)25-14-13-20(15-24(25)29-27(35)28-21-9-5-6-10-21)22-11-7-8-12-23(22)26-30-32-33-31-26/h7-8,11-15,18-19,21H,5-6,9-10,16-17H2,1-4H3,(H2,28,29,35)(H,30,31,32,33). The quantitative estimate of drug-likeness (QED) is 0.368. The third-order valence-electron chi connectivity index (χ3n) is 6.27. The van der Waals surface area contributed by atoms with E-state index in [0.29, 0.717) is 17.7 Å². The number of anilines is 2. The molecule has 3 N–H and O–H groups in total. The number of H-pyrrole nitrogens is 1. The average Bonchev–Trinajstić information content (AvgIpc) is 3.52. The van der Waals surface area contributed by atoms with Gasteiger partial charge in [0.25, 0.3) is 0 Å². The van der Waals surface area contributed by atoms with Crippen molar-refractivity contribution in [2.24, 2.45) is 11.8 Å². The summed E-state index contributed by atoms with van der Waals surface area (Å²) in [7, 11) is 0. The van der Waals surface area contributed by atoms with Gasteiger partial charge in [-0.25, -0.2) is 4.79 Å². The Balaban J connectivity index is 1.72. The molecule has 0 radical (unpaired) electrons. The van der Waals surface area contributed by atoms with Crippen LogP contribution in [0, 0.1) is 11.8 Å². The van der Waals surface area contributed by atoms with Crippen LogP contribution in [0.25, 0.3) is 22.5 Å². The van der Waals surface area contributed by atoms with Gasteiger partial charge in [0.1, 0.15) is 0 Å². The molecule has 0 atom stereocenters. The number of hydrogen-bond donors (Lipinski definition) is 3. The topological polar surface area (TPSA) is 98.8 Å². The Hall–Kier alpha value is -3.42. The van der Waals surface area contributed by atoms with Crippen molar-refractivity contribution in [3.63, 3.8) is 0 Å². The summed E-state index contributed by atoms with van der Waals surface area (Å²) in [6.45, 7) is 10.7. The number of nitrogens with one attached hydrogen (secondary N) is 3.